The summed E-state index contributed by atoms with van der Waals surface area (Å²) in [5.41, 5.74) is -0.200. The first-order chi connectivity index (χ1) is 8.97. The minimum atomic E-state index is -1.09. The fraction of sp³-hybridized carbons (Fsp3) is 0.333. The molecule has 2 rings (SSSR count). The van der Waals surface area contributed by atoms with Gasteiger partial charge in [0.2, 0.25) is 0 Å². The van der Waals surface area contributed by atoms with Gasteiger partial charge in [0.1, 0.15) is 17.6 Å². The Bertz CT molecular complexity index is 500. The number of amides is 1. The van der Waals surface area contributed by atoms with Gasteiger partial charge >= 0.3 is 5.97 Å². The predicted octanol–water partition coefficient (Wildman–Crippen LogP) is 0.794. The molecule has 1 heterocycles. The van der Waals surface area contributed by atoms with Gasteiger partial charge in [-0.1, -0.05) is 0 Å². The number of ether oxygens (including phenoxy) is 1. The van der Waals surface area contributed by atoms with Crippen LogP contribution in [0, 0.1) is 17.6 Å². The van der Waals surface area contributed by atoms with E-state index in [0.29, 0.717) is 6.07 Å². The standard InChI is InChI=1S/C12H11F2NO4/c13-7-1-6(2-8(14)3-7)11(16)15-10-5-19-4-9(10)12(17)18/h1-3,9-10H,4-5H2,(H,15,16)(H,17,18). The lowest BCUT2D eigenvalue weighted by Gasteiger charge is -2.15. The maximum absolute atomic E-state index is 13.0. The SMILES string of the molecule is O=C(NC1COCC1C(=O)O)c1cc(F)cc(F)c1. The minimum absolute atomic E-state index is 0.00219. The number of carboxylic acids is 1. The van der Waals surface area contributed by atoms with E-state index in [9.17, 15) is 18.4 Å². The van der Waals surface area contributed by atoms with E-state index in [1.54, 1.807) is 0 Å². The van der Waals surface area contributed by atoms with Crippen LogP contribution in [0.5, 0.6) is 0 Å². The number of hydrogen-bond donors (Lipinski definition) is 2. The summed E-state index contributed by atoms with van der Waals surface area (Å²) in [6.45, 7) is 0.0539. The van der Waals surface area contributed by atoms with Crippen LogP contribution in [0.3, 0.4) is 0 Å². The number of rotatable bonds is 3. The number of hydrogen-bond acceptors (Lipinski definition) is 3. The largest absolute Gasteiger partial charge is 0.481 e. The monoisotopic (exact) mass is 271 g/mol. The molecule has 2 N–H and O–H groups in total. The van der Waals surface area contributed by atoms with Gasteiger partial charge in [-0.05, 0) is 12.1 Å². The van der Waals surface area contributed by atoms with E-state index in [1.807, 2.05) is 0 Å². The molecule has 2 unspecified atom stereocenters. The molecule has 1 aromatic carbocycles. The Morgan fingerprint density at radius 3 is 2.42 bits per heavy atom. The van der Waals surface area contributed by atoms with Crippen LogP contribution in [0.1, 0.15) is 10.4 Å². The van der Waals surface area contributed by atoms with Crippen molar-refractivity contribution in [3.8, 4) is 0 Å². The van der Waals surface area contributed by atoms with Gasteiger partial charge in [-0.3, -0.25) is 9.59 Å². The topological polar surface area (TPSA) is 75.6 Å². The lowest BCUT2D eigenvalue weighted by Crippen LogP contribution is -2.42. The number of nitrogens with one attached hydrogen (secondary N) is 1. The van der Waals surface area contributed by atoms with Gasteiger partial charge in [-0.25, -0.2) is 8.78 Å². The van der Waals surface area contributed by atoms with Crippen LogP contribution in [0.25, 0.3) is 0 Å². The first-order valence-electron chi connectivity index (χ1n) is 5.55. The number of carbonyl (C=O) groups is 2. The molecule has 2 atom stereocenters. The number of carboxylic acid groups (broad SMARTS) is 1. The van der Waals surface area contributed by atoms with Crippen molar-refractivity contribution in [2.75, 3.05) is 13.2 Å². The highest BCUT2D eigenvalue weighted by Crippen LogP contribution is 2.15. The van der Waals surface area contributed by atoms with Crippen LogP contribution in [0.2, 0.25) is 0 Å². The summed E-state index contributed by atoms with van der Waals surface area (Å²) < 4.78 is 30.9. The van der Waals surface area contributed by atoms with Gasteiger partial charge in [-0.2, -0.15) is 0 Å². The molecule has 0 aromatic heterocycles. The summed E-state index contributed by atoms with van der Waals surface area (Å²) in [5, 5.41) is 11.3. The second-order valence-electron chi connectivity index (χ2n) is 4.22. The maximum atomic E-state index is 13.0. The molecule has 0 aliphatic carbocycles. The number of carbonyl (C=O) groups excluding carboxylic acids is 1. The molecule has 1 aliphatic rings. The minimum Gasteiger partial charge on any atom is -0.481 e. The lowest BCUT2D eigenvalue weighted by molar-refractivity contribution is -0.142. The van der Waals surface area contributed by atoms with Crippen molar-refractivity contribution in [1.82, 2.24) is 5.32 Å². The van der Waals surface area contributed by atoms with Crippen LogP contribution < -0.4 is 5.32 Å². The van der Waals surface area contributed by atoms with Crippen molar-refractivity contribution >= 4 is 11.9 Å². The zero-order valence-corrected chi connectivity index (χ0v) is 9.73. The quantitative estimate of drug-likeness (QED) is 0.852. The summed E-state index contributed by atoms with van der Waals surface area (Å²) in [4.78, 5) is 22.7. The predicted molar refractivity (Wildman–Crippen MR) is 59.6 cm³/mol. The van der Waals surface area contributed by atoms with Crippen LogP contribution in [-0.2, 0) is 9.53 Å². The first kappa shape index (κ1) is 13.4. The fourth-order valence-corrected chi connectivity index (χ4v) is 1.88. The van der Waals surface area contributed by atoms with Gasteiger partial charge in [0, 0.05) is 11.6 Å². The Labute approximate surface area is 107 Å². The normalized spacial score (nSPS) is 22.2. The molecular formula is C12H11F2NO4. The third-order valence-electron chi connectivity index (χ3n) is 2.84. The van der Waals surface area contributed by atoms with Gasteiger partial charge in [0.25, 0.3) is 5.91 Å². The van der Waals surface area contributed by atoms with Crippen molar-refractivity contribution < 1.29 is 28.2 Å². The number of benzene rings is 1. The van der Waals surface area contributed by atoms with E-state index in [0.717, 1.165) is 12.1 Å². The summed E-state index contributed by atoms with van der Waals surface area (Å²) in [5.74, 6) is -4.43. The highest BCUT2D eigenvalue weighted by atomic mass is 19.1. The summed E-state index contributed by atoms with van der Waals surface area (Å²) in [7, 11) is 0. The van der Waals surface area contributed by atoms with Gasteiger partial charge in [-0.15, -0.1) is 0 Å². The Morgan fingerprint density at radius 1 is 1.21 bits per heavy atom. The number of halogens is 2. The molecule has 0 bridgehead atoms. The summed E-state index contributed by atoms with van der Waals surface area (Å²) in [6, 6.07) is 1.69. The molecule has 0 radical (unpaired) electrons. The smallest absolute Gasteiger partial charge is 0.311 e. The molecule has 1 amide bonds. The molecule has 1 aliphatic heterocycles. The van der Waals surface area contributed by atoms with Gasteiger partial charge in [0.05, 0.1) is 19.3 Å². The van der Waals surface area contributed by atoms with E-state index in [-0.39, 0.29) is 18.8 Å². The lowest BCUT2D eigenvalue weighted by atomic mass is 10.0. The third-order valence-corrected chi connectivity index (χ3v) is 2.84. The zero-order chi connectivity index (χ0) is 14.0. The van der Waals surface area contributed by atoms with Crippen LogP contribution in [0.15, 0.2) is 18.2 Å². The summed E-state index contributed by atoms with van der Waals surface area (Å²) in [6.07, 6.45) is 0. The molecule has 102 valence electrons. The molecule has 7 heteroatoms. The Kier molecular flexibility index (Phi) is 3.75. The van der Waals surface area contributed by atoms with E-state index in [2.05, 4.69) is 5.32 Å². The molecule has 1 saturated heterocycles. The van der Waals surface area contributed by atoms with Gasteiger partial charge in [0.15, 0.2) is 0 Å². The second-order valence-corrected chi connectivity index (χ2v) is 4.22. The van der Waals surface area contributed by atoms with Crippen LogP contribution in [0.4, 0.5) is 8.78 Å². The molecule has 0 spiro atoms. The zero-order valence-electron chi connectivity index (χ0n) is 9.73. The Hall–Kier alpha value is -2.02. The average molecular weight is 271 g/mol. The van der Waals surface area contributed by atoms with Crippen LogP contribution in [-0.4, -0.2) is 36.2 Å². The molecule has 19 heavy (non-hydrogen) atoms. The average Bonchev–Trinajstić information content (AvgIpc) is 2.75. The van der Waals surface area contributed by atoms with E-state index in [4.69, 9.17) is 9.84 Å². The highest BCUT2D eigenvalue weighted by Gasteiger charge is 2.35. The van der Waals surface area contributed by atoms with Crippen LogP contribution >= 0.6 is 0 Å². The van der Waals surface area contributed by atoms with Crippen molar-refractivity contribution in [2.24, 2.45) is 5.92 Å². The second kappa shape index (κ2) is 5.31. The van der Waals surface area contributed by atoms with E-state index in [1.165, 1.54) is 0 Å². The number of aliphatic carboxylic acids is 1. The van der Waals surface area contributed by atoms with E-state index < -0.39 is 35.5 Å². The molecule has 0 saturated carbocycles. The van der Waals surface area contributed by atoms with Crippen molar-refractivity contribution in [1.29, 1.82) is 0 Å². The first-order valence-corrected chi connectivity index (χ1v) is 5.55. The molecule has 1 aromatic rings. The third kappa shape index (κ3) is 3.05. The van der Waals surface area contributed by atoms with Gasteiger partial charge < -0.3 is 15.2 Å². The summed E-state index contributed by atoms with van der Waals surface area (Å²) >= 11 is 0. The fourth-order valence-electron chi connectivity index (χ4n) is 1.88. The highest BCUT2D eigenvalue weighted by molar-refractivity contribution is 5.94. The molecule has 5 nitrogen and oxygen atoms in total. The Morgan fingerprint density at radius 2 is 1.84 bits per heavy atom. The van der Waals surface area contributed by atoms with Crippen molar-refractivity contribution in [3.63, 3.8) is 0 Å². The molecular weight excluding hydrogens is 260 g/mol. The van der Waals surface area contributed by atoms with Crippen molar-refractivity contribution in [2.45, 2.75) is 6.04 Å². The van der Waals surface area contributed by atoms with Crippen molar-refractivity contribution in [3.05, 3.63) is 35.4 Å². The maximum Gasteiger partial charge on any atom is 0.311 e. The van der Waals surface area contributed by atoms with E-state index >= 15 is 0 Å². The Balaban J connectivity index is 2.10. The molecule has 1 fully saturated rings.